The van der Waals surface area contributed by atoms with Crippen molar-refractivity contribution in [3.8, 4) is 11.4 Å². The summed E-state index contributed by atoms with van der Waals surface area (Å²) in [4.78, 5) is 21.0. The highest BCUT2D eigenvalue weighted by molar-refractivity contribution is 5.94. The molecule has 3 aromatic rings. The van der Waals surface area contributed by atoms with Crippen LogP contribution in [0.1, 0.15) is 31.3 Å². The monoisotopic (exact) mass is 491 g/mol. The molecule has 2 atom stereocenters. The van der Waals surface area contributed by atoms with Gasteiger partial charge in [0, 0.05) is 37.4 Å². The lowest BCUT2D eigenvalue weighted by molar-refractivity contribution is -0.137. The first-order chi connectivity index (χ1) is 16.6. The van der Waals surface area contributed by atoms with Gasteiger partial charge in [-0.05, 0) is 44.2 Å². The Balaban J connectivity index is 1.34. The third kappa shape index (κ3) is 5.85. The Kier molecular flexibility index (Phi) is 7.18. The Bertz CT molecular complexity index is 1170. The summed E-state index contributed by atoms with van der Waals surface area (Å²) in [6.07, 6.45) is -4.46. The van der Waals surface area contributed by atoms with Crippen LogP contribution < -0.4 is 5.32 Å². The molecule has 4 rings (SSSR count). The Morgan fingerprint density at radius 1 is 1.03 bits per heavy atom. The number of alkyl halides is 3. The van der Waals surface area contributed by atoms with E-state index in [1.165, 1.54) is 30.3 Å². The molecule has 0 saturated carbocycles. The molecule has 2 aromatic carbocycles. The number of anilines is 1. The Morgan fingerprint density at radius 2 is 1.71 bits per heavy atom. The molecule has 1 N–H and O–H groups in total. The van der Waals surface area contributed by atoms with E-state index in [0.29, 0.717) is 37.8 Å². The van der Waals surface area contributed by atoms with Crippen molar-refractivity contribution in [3.05, 3.63) is 65.8 Å². The van der Waals surface area contributed by atoms with Crippen molar-refractivity contribution in [2.24, 2.45) is 0 Å². The van der Waals surface area contributed by atoms with Crippen molar-refractivity contribution in [2.45, 2.75) is 32.1 Å². The maximum Gasteiger partial charge on any atom is 0.416 e. The van der Waals surface area contributed by atoms with Crippen LogP contribution in [0.2, 0.25) is 0 Å². The van der Waals surface area contributed by atoms with Gasteiger partial charge < -0.3 is 9.84 Å². The summed E-state index contributed by atoms with van der Waals surface area (Å²) >= 11 is 0. The van der Waals surface area contributed by atoms with Crippen LogP contribution in [-0.2, 0) is 11.0 Å². The number of aromatic nitrogens is 2. The van der Waals surface area contributed by atoms with E-state index in [9.17, 15) is 22.4 Å². The molecular weight excluding hydrogens is 466 g/mol. The maximum atomic E-state index is 13.4. The van der Waals surface area contributed by atoms with Crippen LogP contribution in [0.3, 0.4) is 0 Å². The number of nitrogens with one attached hydrogen (secondary N) is 1. The highest BCUT2D eigenvalue weighted by Crippen LogP contribution is 2.32. The average molecular weight is 491 g/mol. The molecule has 0 unspecified atom stereocenters. The van der Waals surface area contributed by atoms with Crippen molar-refractivity contribution in [1.29, 1.82) is 0 Å². The van der Waals surface area contributed by atoms with E-state index in [1.807, 2.05) is 11.8 Å². The van der Waals surface area contributed by atoms with Gasteiger partial charge in [0.1, 0.15) is 5.82 Å². The fourth-order valence-corrected chi connectivity index (χ4v) is 4.00. The minimum atomic E-state index is -4.46. The first-order valence-corrected chi connectivity index (χ1v) is 11.2. The molecule has 186 valence electrons. The first kappa shape index (κ1) is 24.8. The maximum absolute atomic E-state index is 13.4. The van der Waals surface area contributed by atoms with E-state index in [-0.39, 0.29) is 23.3 Å². The smallest absolute Gasteiger partial charge is 0.337 e. The van der Waals surface area contributed by atoms with Crippen LogP contribution in [0, 0.1) is 5.82 Å². The number of nitrogens with zero attached hydrogens (tertiary/aromatic N) is 4. The minimum absolute atomic E-state index is 0.0965. The number of hydrogen-bond donors (Lipinski definition) is 1. The third-order valence-corrected chi connectivity index (χ3v) is 6.16. The van der Waals surface area contributed by atoms with Gasteiger partial charge in [0.25, 0.3) is 0 Å². The second-order valence-corrected chi connectivity index (χ2v) is 8.46. The highest BCUT2D eigenvalue weighted by atomic mass is 19.4. The van der Waals surface area contributed by atoms with E-state index >= 15 is 0 Å². The largest absolute Gasteiger partial charge is 0.416 e. The summed E-state index contributed by atoms with van der Waals surface area (Å²) < 4.78 is 57.7. The molecule has 11 heteroatoms. The molecule has 0 aliphatic carbocycles. The molecule has 1 aliphatic rings. The molecule has 0 bridgehead atoms. The van der Waals surface area contributed by atoms with Gasteiger partial charge in [-0.3, -0.25) is 14.6 Å². The van der Waals surface area contributed by atoms with Crippen LogP contribution in [0.5, 0.6) is 0 Å². The summed E-state index contributed by atoms with van der Waals surface area (Å²) in [6.45, 7) is 6.15. The van der Waals surface area contributed by atoms with Gasteiger partial charge in [0.05, 0.1) is 17.6 Å². The molecule has 2 heterocycles. The van der Waals surface area contributed by atoms with Crippen LogP contribution in [0.4, 0.5) is 23.2 Å². The molecule has 1 aliphatic heterocycles. The number of carbonyl (C=O) groups excluding carboxylic acids is 1. The summed E-state index contributed by atoms with van der Waals surface area (Å²) in [5.74, 6) is -0.239. The molecule has 1 saturated heterocycles. The van der Waals surface area contributed by atoms with Gasteiger partial charge >= 0.3 is 6.18 Å². The van der Waals surface area contributed by atoms with Crippen molar-refractivity contribution in [2.75, 3.05) is 31.5 Å². The van der Waals surface area contributed by atoms with Gasteiger partial charge in [0.2, 0.25) is 17.6 Å². The summed E-state index contributed by atoms with van der Waals surface area (Å²) in [5, 5.41) is 6.60. The SMILES string of the molecule is C[C@@H](C(=O)Nc1cccc(F)c1)N1CCN([C@@H](C)c2nc(-c3cccc(C(F)(F)F)c3)no2)CC1. The summed E-state index contributed by atoms with van der Waals surface area (Å²) in [6, 6.07) is 9.88. The van der Waals surface area contributed by atoms with Crippen LogP contribution >= 0.6 is 0 Å². The van der Waals surface area contributed by atoms with Crippen molar-refractivity contribution in [1.82, 2.24) is 19.9 Å². The Hall–Kier alpha value is -3.31. The predicted molar refractivity (Wildman–Crippen MR) is 121 cm³/mol. The molecule has 0 radical (unpaired) electrons. The lowest BCUT2D eigenvalue weighted by atomic mass is 10.1. The average Bonchev–Trinajstić information content (AvgIpc) is 3.33. The topological polar surface area (TPSA) is 74.5 Å². The molecule has 1 fully saturated rings. The van der Waals surface area contributed by atoms with Crippen LogP contribution in [0.25, 0.3) is 11.4 Å². The van der Waals surface area contributed by atoms with Crippen molar-refractivity contribution in [3.63, 3.8) is 0 Å². The normalized spacial score (nSPS) is 17.2. The Morgan fingerprint density at radius 3 is 2.40 bits per heavy atom. The molecular formula is C24H25F4N5O2. The van der Waals surface area contributed by atoms with Gasteiger partial charge in [0.15, 0.2) is 0 Å². The number of amides is 1. The second-order valence-electron chi connectivity index (χ2n) is 8.46. The minimum Gasteiger partial charge on any atom is -0.337 e. The summed E-state index contributed by atoms with van der Waals surface area (Å²) in [5.41, 5.74) is -0.145. The molecule has 1 amide bonds. The van der Waals surface area contributed by atoms with Gasteiger partial charge in [-0.25, -0.2) is 4.39 Å². The second kappa shape index (κ2) is 10.1. The van der Waals surface area contributed by atoms with E-state index in [2.05, 4.69) is 20.4 Å². The van der Waals surface area contributed by atoms with Crippen LogP contribution in [-0.4, -0.2) is 58.1 Å². The van der Waals surface area contributed by atoms with E-state index in [1.54, 1.807) is 13.0 Å². The first-order valence-electron chi connectivity index (χ1n) is 11.2. The fraction of sp³-hybridized carbons (Fsp3) is 0.375. The Labute approximate surface area is 199 Å². The molecule has 7 nitrogen and oxygen atoms in total. The predicted octanol–water partition coefficient (Wildman–Crippen LogP) is 4.60. The number of carbonyl (C=O) groups is 1. The number of hydrogen-bond acceptors (Lipinski definition) is 6. The number of halogens is 4. The summed E-state index contributed by atoms with van der Waals surface area (Å²) in [7, 11) is 0. The van der Waals surface area contributed by atoms with E-state index in [4.69, 9.17) is 4.52 Å². The van der Waals surface area contributed by atoms with E-state index in [0.717, 1.165) is 12.1 Å². The fourth-order valence-electron chi connectivity index (χ4n) is 4.00. The highest BCUT2D eigenvalue weighted by Gasteiger charge is 2.32. The zero-order valence-electron chi connectivity index (χ0n) is 19.2. The molecule has 1 aromatic heterocycles. The van der Waals surface area contributed by atoms with Gasteiger partial charge in [-0.2, -0.15) is 18.2 Å². The van der Waals surface area contributed by atoms with Gasteiger partial charge in [-0.1, -0.05) is 23.4 Å². The van der Waals surface area contributed by atoms with Crippen molar-refractivity contribution < 1.29 is 26.9 Å². The lowest BCUT2D eigenvalue weighted by Gasteiger charge is -2.39. The third-order valence-electron chi connectivity index (χ3n) is 6.16. The standard InChI is InChI=1S/C24H25F4N5O2/c1-15(22(34)29-20-8-4-7-19(25)14-20)32-9-11-33(12-10-32)16(2)23-30-21(31-35-23)17-5-3-6-18(13-17)24(26,27)28/h3-8,13-16H,9-12H2,1-2H3,(H,29,34)/t15-,16-/m0/s1. The molecule has 35 heavy (non-hydrogen) atoms. The lowest BCUT2D eigenvalue weighted by Crippen LogP contribution is -2.53. The van der Waals surface area contributed by atoms with E-state index < -0.39 is 23.6 Å². The van der Waals surface area contributed by atoms with Gasteiger partial charge in [-0.15, -0.1) is 0 Å². The molecule has 0 spiro atoms. The van der Waals surface area contributed by atoms with Crippen LogP contribution in [0.15, 0.2) is 53.1 Å². The van der Waals surface area contributed by atoms with Crippen molar-refractivity contribution >= 4 is 11.6 Å². The zero-order valence-corrected chi connectivity index (χ0v) is 19.2. The number of piperazine rings is 1. The quantitative estimate of drug-likeness (QED) is 0.508. The number of benzene rings is 2. The zero-order chi connectivity index (χ0) is 25.2. The number of rotatable bonds is 6.